The molecule has 0 aliphatic carbocycles. The number of carbonyl (C=O) groups is 1. The van der Waals surface area contributed by atoms with Gasteiger partial charge in [-0.1, -0.05) is 0 Å². The number of halogens is 2. The molecule has 17 heavy (non-hydrogen) atoms. The van der Waals surface area contributed by atoms with Gasteiger partial charge in [0.1, 0.15) is 17.3 Å². The van der Waals surface area contributed by atoms with Crippen molar-refractivity contribution in [2.75, 3.05) is 18.8 Å². The second kappa shape index (κ2) is 6.15. The highest BCUT2D eigenvalue weighted by atomic mass is 19.1. The molecule has 0 atom stereocenters. The number of nitrogen functional groups attached to an aromatic ring is 1. The zero-order valence-electron chi connectivity index (χ0n) is 9.30. The second-order valence-electron chi connectivity index (χ2n) is 3.61. The van der Waals surface area contributed by atoms with Crippen molar-refractivity contribution in [3.8, 4) is 0 Å². The first kappa shape index (κ1) is 13.4. The Bertz CT molecular complexity index is 387. The SMILES string of the molecule is NCCCCNC(=O)c1cc(F)c(N)c(F)c1. The Hall–Kier alpha value is -1.69. The summed E-state index contributed by atoms with van der Waals surface area (Å²) in [5, 5.41) is 2.54. The van der Waals surface area contributed by atoms with Gasteiger partial charge in [-0.3, -0.25) is 4.79 Å². The molecule has 0 radical (unpaired) electrons. The maximum atomic E-state index is 13.1. The fourth-order valence-electron chi connectivity index (χ4n) is 1.29. The van der Waals surface area contributed by atoms with Gasteiger partial charge < -0.3 is 16.8 Å². The van der Waals surface area contributed by atoms with E-state index < -0.39 is 23.2 Å². The molecule has 0 fully saturated rings. The van der Waals surface area contributed by atoms with Crippen molar-refractivity contribution in [2.45, 2.75) is 12.8 Å². The summed E-state index contributed by atoms with van der Waals surface area (Å²) in [6, 6.07) is 1.83. The van der Waals surface area contributed by atoms with Gasteiger partial charge in [-0.25, -0.2) is 8.78 Å². The zero-order chi connectivity index (χ0) is 12.8. The first-order chi connectivity index (χ1) is 8.06. The number of hydrogen-bond acceptors (Lipinski definition) is 3. The van der Waals surface area contributed by atoms with Crippen LogP contribution in [-0.4, -0.2) is 19.0 Å². The molecule has 1 amide bonds. The van der Waals surface area contributed by atoms with Crippen molar-refractivity contribution in [3.63, 3.8) is 0 Å². The molecule has 1 rings (SSSR count). The van der Waals surface area contributed by atoms with Crippen molar-refractivity contribution >= 4 is 11.6 Å². The third kappa shape index (κ3) is 3.67. The minimum atomic E-state index is -0.933. The van der Waals surface area contributed by atoms with E-state index in [0.717, 1.165) is 25.0 Å². The van der Waals surface area contributed by atoms with E-state index in [1.54, 1.807) is 0 Å². The van der Waals surface area contributed by atoms with E-state index in [-0.39, 0.29) is 5.56 Å². The second-order valence-corrected chi connectivity index (χ2v) is 3.61. The molecule has 0 saturated carbocycles. The largest absolute Gasteiger partial charge is 0.394 e. The minimum absolute atomic E-state index is 0.0815. The molecule has 0 aliphatic heterocycles. The van der Waals surface area contributed by atoms with E-state index in [4.69, 9.17) is 11.5 Å². The van der Waals surface area contributed by atoms with Gasteiger partial charge in [-0.15, -0.1) is 0 Å². The van der Waals surface area contributed by atoms with Crippen LogP contribution < -0.4 is 16.8 Å². The first-order valence-corrected chi connectivity index (χ1v) is 5.29. The normalized spacial score (nSPS) is 10.3. The van der Waals surface area contributed by atoms with Crippen LogP contribution in [0.25, 0.3) is 0 Å². The number of nitrogens with one attached hydrogen (secondary N) is 1. The van der Waals surface area contributed by atoms with Gasteiger partial charge in [-0.2, -0.15) is 0 Å². The molecule has 0 bridgehead atoms. The van der Waals surface area contributed by atoms with Crippen LogP contribution in [0.1, 0.15) is 23.2 Å². The van der Waals surface area contributed by atoms with E-state index in [1.165, 1.54) is 0 Å². The average Bonchev–Trinajstić information content (AvgIpc) is 2.30. The lowest BCUT2D eigenvalue weighted by atomic mass is 10.1. The fourth-order valence-corrected chi connectivity index (χ4v) is 1.29. The van der Waals surface area contributed by atoms with E-state index in [1.807, 2.05) is 0 Å². The Labute approximate surface area is 98.0 Å². The molecule has 1 aromatic rings. The fraction of sp³-hybridized carbons (Fsp3) is 0.364. The Kier molecular flexibility index (Phi) is 4.84. The maximum absolute atomic E-state index is 13.1. The zero-order valence-corrected chi connectivity index (χ0v) is 9.30. The molecule has 0 saturated heterocycles. The molecule has 6 heteroatoms. The van der Waals surface area contributed by atoms with Crippen molar-refractivity contribution in [2.24, 2.45) is 5.73 Å². The van der Waals surface area contributed by atoms with Crippen LogP contribution in [0.4, 0.5) is 14.5 Å². The molecule has 0 aromatic heterocycles. The highest BCUT2D eigenvalue weighted by molar-refractivity contribution is 5.94. The first-order valence-electron chi connectivity index (χ1n) is 5.29. The van der Waals surface area contributed by atoms with Gasteiger partial charge >= 0.3 is 0 Å². The highest BCUT2D eigenvalue weighted by Gasteiger charge is 2.12. The Morgan fingerprint density at radius 1 is 1.24 bits per heavy atom. The predicted octanol–water partition coefficient (Wildman–Crippen LogP) is 1.02. The summed E-state index contributed by atoms with van der Waals surface area (Å²) in [5.74, 6) is -2.39. The lowest BCUT2D eigenvalue weighted by molar-refractivity contribution is 0.0952. The van der Waals surface area contributed by atoms with E-state index in [2.05, 4.69) is 5.32 Å². The van der Waals surface area contributed by atoms with Crippen molar-refractivity contribution in [1.82, 2.24) is 5.32 Å². The van der Waals surface area contributed by atoms with Crippen LogP contribution in [-0.2, 0) is 0 Å². The van der Waals surface area contributed by atoms with Crippen LogP contribution in [0.15, 0.2) is 12.1 Å². The van der Waals surface area contributed by atoms with Crippen molar-refractivity contribution in [1.29, 1.82) is 0 Å². The molecule has 5 N–H and O–H groups in total. The van der Waals surface area contributed by atoms with Gasteiger partial charge in [0.05, 0.1) is 0 Å². The summed E-state index contributed by atoms with van der Waals surface area (Å²) in [6.07, 6.45) is 1.51. The summed E-state index contributed by atoms with van der Waals surface area (Å²) in [6.45, 7) is 0.963. The number of benzene rings is 1. The Morgan fingerprint density at radius 3 is 2.35 bits per heavy atom. The van der Waals surface area contributed by atoms with Crippen molar-refractivity contribution in [3.05, 3.63) is 29.3 Å². The van der Waals surface area contributed by atoms with Crippen LogP contribution in [0.3, 0.4) is 0 Å². The quantitative estimate of drug-likeness (QED) is 0.533. The molecule has 4 nitrogen and oxygen atoms in total. The van der Waals surface area contributed by atoms with Crippen LogP contribution in [0, 0.1) is 11.6 Å². The number of rotatable bonds is 5. The van der Waals surface area contributed by atoms with E-state index >= 15 is 0 Å². The molecular formula is C11H15F2N3O. The number of hydrogen-bond donors (Lipinski definition) is 3. The lowest BCUT2D eigenvalue weighted by Crippen LogP contribution is -2.25. The van der Waals surface area contributed by atoms with Gasteiger partial charge in [0.15, 0.2) is 0 Å². The van der Waals surface area contributed by atoms with E-state index in [9.17, 15) is 13.6 Å². The predicted molar refractivity (Wildman–Crippen MR) is 61.4 cm³/mol. The van der Waals surface area contributed by atoms with Gasteiger partial charge in [0, 0.05) is 12.1 Å². The molecule has 94 valence electrons. The Balaban J connectivity index is 2.63. The van der Waals surface area contributed by atoms with Crippen LogP contribution >= 0.6 is 0 Å². The van der Waals surface area contributed by atoms with Crippen molar-refractivity contribution < 1.29 is 13.6 Å². The third-order valence-corrected chi connectivity index (χ3v) is 2.26. The van der Waals surface area contributed by atoms with Gasteiger partial charge in [-0.05, 0) is 31.5 Å². The topological polar surface area (TPSA) is 81.1 Å². The Morgan fingerprint density at radius 2 is 1.82 bits per heavy atom. The number of carbonyl (C=O) groups excluding carboxylic acids is 1. The smallest absolute Gasteiger partial charge is 0.251 e. The number of anilines is 1. The van der Waals surface area contributed by atoms with Crippen LogP contribution in [0.5, 0.6) is 0 Å². The molecule has 0 spiro atoms. The summed E-state index contributed by atoms with van der Waals surface area (Å²) < 4.78 is 26.2. The molecule has 0 heterocycles. The summed E-state index contributed by atoms with van der Waals surface area (Å²) in [4.78, 5) is 11.5. The molecule has 0 unspecified atom stereocenters. The minimum Gasteiger partial charge on any atom is -0.394 e. The molecule has 1 aromatic carbocycles. The summed E-state index contributed by atoms with van der Waals surface area (Å²) in [7, 11) is 0. The summed E-state index contributed by atoms with van der Waals surface area (Å²) in [5.41, 5.74) is 9.72. The van der Waals surface area contributed by atoms with E-state index in [0.29, 0.717) is 13.1 Å². The molecular weight excluding hydrogens is 228 g/mol. The highest BCUT2D eigenvalue weighted by Crippen LogP contribution is 2.17. The third-order valence-electron chi connectivity index (χ3n) is 2.26. The van der Waals surface area contributed by atoms with Gasteiger partial charge in [0.2, 0.25) is 0 Å². The van der Waals surface area contributed by atoms with Crippen LogP contribution in [0.2, 0.25) is 0 Å². The summed E-state index contributed by atoms with van der Waals surface area (Å²) >= 11 is 0. The average molecular weight is 243 g/mol. The maximum Gasteiger partial charge on any atom is 0.251 e. The standard InChI is InChI=1S/C11H15F2N3O/c12-8-5-7(6-9(13)10(8)15)11(17)16-4-2-1-3-14/h5-6H,1-4,14-15H2,(H,16,17). The van der Waals surface area contributed by atoms with Gasteiger partial charge in [0.25, 0.3) is 5.91 Å². The number of unbranched alkanes of at least 4 members (excludes halogenated alkanes) is 1. The number of nitrogens with two attached hydrogens (primary N) is 2. The number of amides is 1. The lowest BCUT2D eigenvalue weighted by Gasteiger charge is -2.06. The monoisotopic (exact) mass is 243 g/mol. The molecule has 0 aliphatic rings.